The fourth-order valence-electron chi connectivity index (χ4n) is 2.39. The molecule has 2 unspecified atom stereocenters. The van der Waals surface area contributed by atoms with Crippen LogP contribution >= 0.6 is 0 Å². The zero-order valence-electron chi connectivity index (χ0n) is 10.3. The molecule has 18 heavy (non-hydrogen) atoms. The Bertz CT molecular complexity index is 369. The van der Waals surface area contributed by atoms with Crippen molar-refractivity contribution < 1.29 is 13.9 Å². The number of aliphatic hydroxyl groups is 1. The number of hydrogen-bond donors (Lipinski definition) is 2. The first-order valence-corrected chi connectivity index (χ1v) is 6.44. The van der Waals surface area contributed by atoms with Gasteiger partial charge in [-0.25, -0.2) is 0 Å². The van der Waals surface area contributed by atoms with E-state index in [2.05, 4.69) is 5.32 Å². The van der Waals surface area contributed by atoms with Gasteiger partial charge in [0.05, 0.1) is 12.6 Å². The molecule has 1 saturated carbocycles. The summed E-state index contributed by atoms with van der Waals surface area (Å²) in [5.74, 6) is -2.89. The van der Waals surface area contributed by atoms with Crippen LogP contribution in [-0.2, 0) is 5.92 Å². The first-order valence-electron chi connectivity index (χ1n) is 6.44. The molecule has 2 rings (SSSR count). The third-order valence-corrected chi connectivity index (χ3v) is 3.51. The summed E-state index contributed by atoms with van der Waals surface area (Å²) in [7, 11) is 0. The number of benzene rings is 1. The average Bonchev–Trinajstić information content (AvgIpc) is 2.39. The molecule has 4 heteroatoms. The molecule has 2 atom stereocenters. The molecule has 0 spiro atoms. The van der Waals surface area contributed by atoms with Gasteiger partial charge in [0.2, 0.25) is 0 Å². The maximum Gasteiger partial charge on any atom is 0.285 e. The number of nitrogens with one attached hydrogen (secondary N) is 1. The van der Waals surface area contributed by atoms with Crippen LogP contribution in [0.3, 0.4) is 0 Å². The van der Waals surface area contributed by atoms with Crippen LogP contribution in [0.15, 0.2) is 30.3 Å². The highest BCUT2D eigenvalue weighted by Gasteiger charge is 2.33. The van der Waals surface area contributed by atoms with E-state index in [0.29, 0.717) is 6.42 Å². The fourth-order valence-corrected chi connectivity index (χ4v) is 2.39. The Balaban J connectivity index is 1.92. The lowest BCUT2D eigenvalue weighted by atomic mass is 9.92. The third-order valence-electron chi connectivity index (χ3n) is 3.51. The Morgan fingerprint density at radius 2 is 1.83 bits per heavy atom. The Labute approximate surface area is 106 Å². The van der Waals surface area contributed by atoms with E-state index in [9.17, 15) is 13.9 Å². The zero-order chi connectivity index (χ0) is 13.0. The van der Waals surface area contributed by atoms with Crippen molar-refractivity contribution in [3.8, 4) is 0 Å². The minimum absolute atomic E-state index is 0.0165. The molecule has 1 aliphatic rings. The highest BCUT2D eigenvalue weighted by molar-refractivity contribution is 5.20. The van der Waals surface area contributed by atoms with Crippen LogP contribution in [0.4, 0.5) is 8.78 Å². The largest absolute Gasteiger partial charge is 0.392 e. The van der Waals surface area contributed by atoms with Gasteiger partial charge in [-0.3, -0.25) is 0 Å². The van der Waals surface area contributed by atoms with Gasteiger partial charge in [-0.2, -0.15) is 8.78 Å². The molecule has 100 valence electrons. The summed E-state index contributed by atoms with van der Waals surface area (Å²) in [4.78, 5) is 0. The second-order valence-corrected chi connectivity index (χ2v) is 4.91. The van der Waals surface area contributed by atoms with Gasteiger partial charge in [0, 0.05) is 11.6 Å². The van der Waals surface area contributed by atoms with Crippen LogP contribution in [-0.4, -0.2) is 23.8 Å². The summed E-state index contributed by atoms with van der Waals surface area (Å²) in [6.45, 7) is -0.418. The molecule has 1 aromatic rings. The van der Waals surface area contributed by atoms with Crippen LogP contribution < -0.4 is 5.32 Å². The van der Waals surface area contributed by atoms with Crippen molar-refractivity contribution in [1.82, 2.24) is 5.32 Å². The van der Waals surface area contributed by atoms with Gasteiger partial charge >= 0.3 is 0 Å². The Morgan fingerprint density at radius 3 is 2.50 bits per heavy atom. The SMILES string of the molecule is OC1CCCCC1NCC(F)(F)c1ccccc1. The molecule has 0 aromatic heterocycles. The van der Waals surface area contributed by atoms with Crippen LogP contribution in [0.25, 0.3) is 0 Å². The number of alkyl halides is 2. The van der Waals surface area contributed by atoms with Crippen molar-refractivity contribution in [2.45, 2.75) is 43.8 Å². The van der Waals surface area contributed by atoms with Crippen LogP contribution in [0.2, 0.25) is 0 Å². The van der Waals surface area contributed by atoms with E-state index in [1.165, 1.54) is 12.1 Å². The third kappa shape index (κ3) is 3.27. The minimum atomic E-state index is -2.89. The molecule has 0 radical (unpaired) electrons. The highest BCUT2D eigenvalue weighted by atomic mass is 19.3. The summed E-state index contributed by atoms with van der Waals surface area (Å²) in [6.07, 6.45) is 2.95. The van der Waals surface area contributed by atoms with Crippen molar-refractivity contribution in [2.75, 3.05) is 6.54 Å². The molecule has 2 nitrogen and oxygen atoms in total. The molecule has 1 fully saturated rings. The van der Waals surface area contributed by atoms with E-state index >= 15 is 0 Å². The van der Waals surface area contributed by atoms with Gasteiger partial charge in [0.15, 0.2) is 0 Å². The minimum Gasteiger partial charge on any atom is -0.392 e. The molecular formula is C14H19F2NO. The summed E-state index contributed by atoms with van der Waals surface area (Å²) >= 11 is 0. The van der Waals surface area contributed by atoms with Crippen molar-refractivity contribution >= 4 is 0 Å². The van der Waals surface area contributed by atoms with E-state index in [4.69, 9.17) is 0 Å². The molecule has 1 aromatic carbocycles. The molecule has 0 bridgehead atoms. The Kier molecular flexibility index (Phi) is 4.30. The lowest BCUT2D eigenvalue weighted by molar-refractivity contribution is -0.0144. The number of halogens is 2. The first-order chi connectivity index (χ1) is 8.59. The standard InChI is InChI=1S/C14H19F2NO/c15-14(16,11-6-2-1-3-7-11)10-17-12-8-4-5-9-13(12)18/h1-3,6-7,12-13,17-18H,4-5,8-10H2. The first kappa shape index (κ1) is 13.4. The topological polar surface area (TPSA) is 32.3 Å². The lowest BCUT2D eigenvalue weighted by Crippen LogP contribution is -2.46. The quantitative estimate of drug-likeness (QED) is 0.867. The summed E-state index contributed by atoms with van der Waals surface area (Å²) < 4.78 is 27.8. The molecule has 0 aliphatic heterocycles. The van der Waals surface area contributed by atoms with Crippen LogP contribution in [0.1, 0.15) is 31.2 Å². The zero-order valence-corrected chi connectivity index (χ0v) is 10.3. The Morgan fingerprint density at radius 1 is 1.17 bits per heavy atom. The monoisotopic (exact) mass is 255 g/mol. The molecule has 1 aliphatic carbocycles. The van der Waals surface area contributed by atoms with Crippen molar-refractivity contribution in [3.05, 3.63) is 35.9 Å². The average molecular weight is 255 g/mol. The molecular weight excluding hydrogens is 236 g/mol. The molecule has 0 amide bonds. The van der Waals surface area contributed by atoms with Gasteiger partial charge in [0.1, 0.15) is 0 Å². The maximum absolute atomic E-state index is 13.9. The van der Waals surface area contributed by atoms with E-state index in [1.54, 1.807) is 18.2 Å². The lowest BCUT2D eigenvalue weighted by Gasteiger charge is -2.30. The highest BCUT2D eigenvalue weighted by Crippen LogP contribution is 2.27. The molecule has 2 N–H and O–H groups in total. The normalized spacial score (nSPS) is 25.1. The van der Waals surface area contributed by atoms with E-state index < -0.39 is 18.6 Å². The number of hydrogen-bond acceptors (Lipinski definition) is 2. The van der Waals surface area contributed by atoms with Crippen molar-refractivity contribution in [2.24, 2.45) is 0 Å². The fraction of sp³-hybridized carbons (Fsp3) is 0.571. The van der Waals surface area contributed by atoms with Crippen LogP contribution in [0.5, 0.6) is 0 Å². The van der Waals surface area contributed by atoms with Gasteiger partial charge in [0.25, 0.3) is 5.92 Å². The van der Waals surface area contributed by atoms with Gasteiger partial charge in [-0.1, -0.05) is 43.2 Å². The van der Waals surface area contributed by atoms with Gasteiger partial charge in [-0.15, -0.1) is 0 Å². The van der Waals surface area contributed by atoms with Crippen molar-refractivity contribution in [1.29, 1.82) is 0 Å². The predicted octanol–water partition coefficient (Wildman–Crippen LogP) is 2.67. The summed E-state index contributed by atoms with van der Waals surface area (Å²) in [5, 5.41) is 12.5. The Hall–Kier alpha value is -1.00. The molecule has 0 saturated heterocycles. The molecule has 0 heterocycles. The summed E-state index contributed by atoms with van der Waals surface area (Å²) in [6, 6.07) is 7.60. The van der Waals surface area contributed by atoms with E-state index in [1.807, 2.05) is 0 Å². The number of aliphatic hydroxyl groups excluding tert-OH is 1. The van der Waals surface area contributed by atoms with E-state index in [0.717, 1.165) is 19.3 Å². The van der Waals surface area contributed by atoms with Gasteiger partial charge < -0.3 is 10.4 Å². The van der Waals surface area contributed by atoms with Crippen molar-refractivity contribution in [3.63, 3.8) is 0 Å². The second-order valence-electron chi connectivity index (χ2n) is 4.91. The van der Waals surface area contributed by atoms with Gasteiger partial charge in [-0.05, 0) is 12.8 Å². The summed E-state index contributed by atoms with van der Waals surface area (Å²) in [5.41, 5.74) is 0.0165. The maximum atomic E-state index is 13.9. The van der Waals surface area contributed by atoms with E-state index in [-0.39, 0.29) is 11.6 Å². The smallest absolute Gasteiger partial charge is 0.285 e. The van der Waals surface area contributed by atoms with Crippen LogP contribution in [0, 0.1) is 0 Å². The predicted molar refractivity (Wildman–Crippen MR) is 66.6 cm³/mol. The number of rotatable bonds is 4. The second kappa shape index (κ2) is 5.76.